The van der Waals surface area contributed by atoms with Gasteiger partial charge in [0.1, 0.15) is 0 Å². The predicted octanol–water partition coefficient (Wildman–Crippen LogP) is 2.08. The quantitative estimate of drug-likeness (QED) is 0.783. The van der Waals surface area contributed by atoms with Crippen LogP contribution in [-0.2, 0) is 0 Å². The Morgan fingerprint density at radius 2 is 1.26 bits per heavy atom. The molecule has 3 saturated heterocycles. The van der Waals surface area contributed by atoms with Crippen molar-refractivity contribution >= 4 is 0 Å². The number of rotatable bonds is 1. The van der Waals surface area contributed by atoms with Crippen LogP contribution in [0.25, 0.3) is 0 Å². The third-order valence-electron chi connectivity index (χ3n) is 5.56. The van der Waals surface area contributed by atoms with Crippen LogP contribution in [0.1, 0.15) is 52.4 Å². The first-order valence-corrected chi connectivity index (χ1v) is 8.48. The van der Waals surface area contributed by atoms with Gasteiger partial charge in [0.25, 0.3) is 0 Å². The van der Waals surface area contributed by atoms with Crippen molar-refractivity contribution in [3.05, 3.63) is 0 Å². The maximum Gasteiger partial charge on any atom is 0.0263 e. The number of piperidine rings is 1. The lowest BCUT2D eigenvalue weighted by Gasteiger charge is -2.40. The van der Waals surface area contributed by atoms with Crippen molar-refractivity contribution in [2.24, 2.45) is 0 Å². The van der Waals surface area contributed by atoms with Crippen molar-refractivity contribution in [1.82, 2.24) is 15.1 Å². The maximum absolute atomic E-state index is 3.71. The van der Waals surface area contributed by atoms with Crippen LogP contribution in [0.5, 0.6) is 0 Å². The monoisotopic (exact) mass is 265 g/mol. The summed E-state index contributed by atoms with van der Waals surface area (Å²) in [7, 11) is 0. The molecule has 1 N–H and O–H groups in total. The van der Waals surface area contributed by atoms with E-state index >= 15 is 0 Å². The average molecular weight is 265 g/mol. The van der Waals surface area contributed by atoms with Crippen LogP contribution >= 0.6 is 0 Å². The number of hydrogen-bond donors (Lipinski definition) is 1. The molecule has 0 bridgehead atoms. The molecule has 3 nitrogen and oxygen atoms in total. The number of fused-ring (bicyclic) bond motifs is 1. The third-order valence-corrected chi connectivity index (χ3v) is 5.56. The van der Waals surface area contributed by atoms with Gasteiger partial charge in [-0.05, 0) is 65.6 Å². The van der Waals surface area contributed by atoms with Gasteiger partial charge in [-0.15, -0.1) is 0 Å². The highest BCUT2D eigenvalue weighted by Crippen LogP contribution is 2.31. The lowest BCUT2D eigenvalue weighted by Crippen LogP contribution is -2.51. The Bertz CT molecular complexity index is 282. The van der Waals surface area contributed by atoms with E-state index < -0.39 is 0 Å². The highest BCUT2D eigenvalue weighted by Gasteiger charge is 2.38. The van der Waals surface area contributed by atoms with E-state index in [0.717, 1.165) is 12.1 Å². The Morgan fingerprint density at radius 1 is 0.684 bits per heavy atom. The van der Waals surface area contributed by atoms with Crippen molar-refractivity contribution in [3.8, 4) is 0 Å². The van der Waals surface area contributed by atoms with E-state index in [1.165, 1.54) is 64.7 Å². The van der Waals surface area contributed by atoms with Gasteiger partial charge in [-0.1, -0.05) is 6.42 Å². The topological polar surface area (TPSA) is 18.5 Å². The van der Waals surface area contributed by atoms with E-state index in [4.69, 9.17) is 0 Å². The Hall–Kier alpha value is -0.120. The van der Waals surface area contributed by atoms with Gasteiger partial charge in [0.05, 0.1) is 0 Å². The van der Waals surface area contributed by atoms with Crippen LogP contribution in [0.15, 0.2) is 0 Å². The second kappa shape index (κ2) is 6.11. The molecule has 3 heterocycles. The fraction of sp³-hybridized carbons (Fsp3) is 1.00. The molecule has 0 radical (unpaired) electrons. The molecular formula is C16H31N3. The van der Waals surface area contributed by atoms with E-state index in [2.05, 4.69) is 29.0 Å². The lowest BCUT2D eigenvalue weighted by molar-refractivity contribution is 0.101. The van der Waals surface area contributed by atoms with Gasteiger partial charge in [0.2, 0.25) is 0 Å². The van der Waals surface area contributed by atoms with Gasteiger partial charge >= 0.3 is 0 Å². The van der Waals surface area contributed by atoms with E-state index in [0.29, 0.717) is 12.1 Å². The first kappa shape index (κ1) is 13.8. The van der Waals surface area contributed by atoms with Gasteiger partial charge in [-0.25, -0.2) is 0 Å². The normalized spacial score (nSPS) is 42.6. The van der Waals surface area contributed by atoms with Gasteiger partial charge < -0.3 is 5.32 Å². The van der Waals surface area contributed by atoms with Crippen LogP contribution in [0.3, 0.4) is 0 Å². The molecular weight excluding hydrogens is 234 g/mol. The second-order valence-corrected chi connectivity index (χ2v) is 7.04. The van der Waals surface area contributed by atoms with Crippen LogP contribution in [0.4, 0.5) is 0 Å². The minimum absolute atomic E-state index is 0.682. The van der Waals surface area contributed by atoms with E-state index in [9.17, 15) is 0 Å². The minimum Gasteiger partial charge on any atom is -0.312 e. The molecule has 4 unspecified atom stereocenters. The summed E-state index contributed by atoms with van der Waals surface area (Å²) >= 11 is 0. The smallest absolute Gasteiger partial charge is 0.0263 e. The van der Waals surface area contributed by atoms with Gasteiger partial charge in [-0.2, -0.15) is 0 Å². The van der Waals surface area contributed by atoms with Crippen molar-refractivity contribution in [2.45, 2.75) is 76.5 Å². The summed E-state index contributed by atoms with van der Waals surface area (Å²) in [4.78, 5) is 5.61. The first-order valence-electron chi connectivity index (χ1n) is 8.48. The number of nitrogens with zero attached hydrogens (tertiary/aromatic N) is 2. The average Bonchev–Trinajstić information content (AvgIpc) is 2.81. The molecule has 3 rings (SSSR count). The molecule has 3 heteroatoms. The number of hydrogen-bond acceptors (Lipinski definition) is 3. The van der Waals surface area contributed by atoms with Gasteiger partial charge in [0.15, 0.2) is 0 Å². The van der Waals surface area contributed by atoms with Crippen LogP contribution in [0, 0.1) is 0 Å². The Balaban J connectivity index is 1.63. The third kappa shape index (κ3) is 3.14. The Labute approximate surface area is 118 Å². The first-order chi connectivity index (χ1) is 9.24. The van der Waals surface area contributed by atoms with E-state index in [1.807, 2.05) is 0 Å². The summed E-state index contributed by atoms with van der Waals surface area (Å²) in [6.07, 6.45) is 8.38. The molecule has 0 amide bonds. The zero-order valence-corrected chi connectivity index (χ0v) is 12.8. The molecule has 3 fully saturated rings. The van der Waals surface area contributed by atoms with Crippen LogP contribution in [-0.4, -0.2) is 60.1 Å². The maximum atomic E-state index is 3.71. The Kier molecular flexibility index (Phi) is 4.45. The molecule has 3 aliphatic rings. The second-order valence-electron chi connectivity index (χ2n) is 7.04. The highest BCUT2D eigenvalue weighted by atomic mass is 15.3. The van der Waals surface area contributed by atoms with E-state index in [-0.39, 0.29) is 0 Å². The fourth-order valence-corrected chi connectivity index (χ4v) is 4.46. The molecule has 3 aliphatic heterocycles. The molecule has 19 heavy (non-hydrogen) atoms. The summed E-state index contributed by atoms with van der Waals surface area (Å²) in [5.74, 6) is 0. The van der Waals surface area contributed by atoms with Crippen molar-refractivity contribution in [1.29, 1.82) is 0 Å². The summed E-state index contributed by atoms with van der Waals surface area (Å²) in [6.45, 7) is 10.0. The highest BCUT2D eigenvalue weighted by molar-refractivity contribution is 4.96. The summed E-state index contributed by atoms with van der Waals surface area (Å²) < 4.78 is 0. The van der Waals surface area contributed by atoms with Crippen LogP contribution in [0.2, 0.25) is 0 Å². The molecule has 110 valence electrons. The molecule has 4 atom stereocenters. The minimum atomic E-state index is 0.682. The molecule has 0 saturated carbocycles. The standard InChI is InChI=1S/C16H31N3/c1-13-6-10-19(11-7-14(2)17-13)16-8-12-18-9-4-3-5-15(16)18/h13-17H,3-12H2,1-2H3. The lowest BCUT2D eigenvalue weighted by atomic mass is 9.96. The summed E-state index contributed by atoms with van der Waals surface area (Å²) in [6, 6.07) is 3.10. The fourth-order valence-electron chi connectivity index (χ4n) is 4.46. The Morgan fingerprint density at radius 3 is 2.00 bits per heavy atom. The number of nitrogens with one attached hydrogen (secondary N) is 1. The summed E-state index contributed by atoms with van der Waals surface area (Å²) in [5.41, 5.74) is 0. The molecule has 0 aromatic carbocycles. The van der Waals surface area contributed by atoms with Gasteiger partial charge in [0, 0.05) is 30.7 Å². The van der Waals surface area contributed by atoms with E-state index in [1.54, 1.807) is 0 Å². The SMILES string of the molecule is CC1CCN(C2CCN3CCCCC23)CCC(C)N1. The molecule has 0 spiro atoms. The zero-order chi connectivity index (χ0) is 13.2. The van der Waals surface area contributed by atoms with Crippen molar-refractivity contribution in [3.63, 3.8) is 0 Å². The largest absolute Gasteiger partial charge is 0.312 e. The van der Waals surface area contributed by atoms with Crippen molar-refractivity contribution < 1.29 is 0 Å². The predicted molar refractivity (Wildman–Crippen MR) is 80.5 cm³/mol. The molecule has 0 aliphatic carbocycles. The van der Waals surface area contributed by atoms with Crippen molar-refractivity contribution in [2.75, 3.05) is 26.2 Å². The zero-order valence-electron chi connectivity index (χ0n) is 12.8. The van der Waals surface area contributed by atoms with Gasteiger partial charge in [-0.3, -0.25) is 9.80 Å². The van der Waals surface area contributed by atoms with Crippen LogP contribution < -0.4 is 5.32 Å². The summed E-state index contributed by atoms with van der Waals surface area (Å²) in [5, 5.41) is 3.71. The molecule has 0 aromatic rings. The molecule has 0 aromatic heterocycles.